The van der Waals surface area contributed by atoms with Gasteiger partial charge in [-0.15, -0.1) is 0 Å². The maximum Gasteiger partial charge on any atom is 0.272 e. The average Bonchev–Trinajstić information content (AvgIpc) is 3.41. The molecule has 2 aromatic heterocycles. The Bertz CT molecular complexity index is 1770. The third kappa shape index (κ3) is 6.33. The van der Waals surface area contributed by atoms with Crippen LogP contribution >= 0.6 is 0 Å². The Balaban J connectivity index is 1.39. The normalized spacial score (nSPS) is 11.5. The zero-order valence-corrected chi connectivity index (χ0v) is 23.3. The van der Waals surface area contributed by atoms with E-state index < -0.39 is 0 Å². The SMILES string of the molecule is C/C(=N\NC(=O)c1cc(-c2cccc(OC(C)C)c2)nc2ccccc12)c1cccc(NC(=O)c2ccoc2C)c1. The molecule has 5 rings (SSSR count). The number of pyridine rings is 1. The van der Waals surface area contributed by atoms with Crippen LogP contribution in [0.2, 0.25) is 0 Å². The lowest BCUT2D eigenvalue weighted by molar-refractivity contribution is 0.0955. The molecule has 41 heavy (non-hydrogen) atoms. The molecule has 5 aromatic rings. The molecule has 0 aliphatic carbocycles. The van der Waals surface area contributed by atoms with Gasteiger partial charge in [-0.25, -0.2) is 10.4 Å². The number of ether oxygens (including phenoxy) is 1. The fourth-order valence-electron chi connectivity index (χ4n) is 4.41. The predicted molar refractivity (Wildman–Crippen MR) is 160 cm³/mol. The number of aromatic nitrogens is 1. The van der Waals surface area contributed by atoms with E-state index in [1.807, 2.05) is 74.5 Å². The van der Waals surface area contributed by atoms with Gasteiger partial charge in [-0.1, -0.05) is 42.5 Å². The van der Waals surface area contributed by atoms with Gasteiger partial charge in [0.15, 0.2) is 0 Å². The highest BCUT2D eigenvalue weighted by Crippen LogP contribution is 2.28. The molecule has 0 atom stereocenters. The number of rotatable bonds is 8. The second kappa shape index (κ2) is 11.9. The molecule has 8 heteroatoms. The number of hydrazone groups is 1. The number of nitrogens with one attached hydrogen (secondary N) is 2. The first-order chi connectivity index (χ1) is 19.8. The summed E-state index contributed by atoms with van der Waals surface area (Å²) in [4.78, 5) is 30.8. The van der Waals surface area contributed by atoms with Crippen LogP contribution in [0.15, 0.2) is 101 Å². The maximum absolute atomic E-state index is 13.4. The minimum Gasteiger partial charge on any atom is -0.491 e. The van der Waals surface area contributed by atoms with Crippen LogP contribution in [0, 0.1) is 6.92 Å². The van der Waals surface area contributed by atoms with Gasteiger partial charge in [0.05, 0.1) is 40.4 Å². The Kier molecular flexibility index (Phi) is 7.92. The summed E-state index contributed by atoms with van der Waals surface area (Å²) >= 11 is 0. The Morgan fingerprint density at radius 2 is 1.71 bits per heavy atom. The van der Waals surface area contributed by atoms with Crippen LogP contribution in [-0.2, 0) is 0 Å². The maximum atomic E-state index is 13.4. The molecule has 206 valence electrons. The molecule has 0 saturated carbocycles. The summed E-state index contributed by atoms with van der Waals surface area (Å²) in [6.45, 7) is 7.47. The third-order valence-electron chi connectivity index (χ3n) is 6.43. The fraction of sp³-hybridized carbons (Fsp3) is 0.152. The van der Waals surface area contributed by atoms with E-state index in [9.17, 15) is 9.59 Å². The molecule has 2 N–H and O–H groups in total. The van der Waals surface area contributed by atoms with Crippen LogP contribution in [-0.4, -0.2) is 28.6 Å². The van der Waals surface area contributed by atoms with Crippen LogP contribution < -0.4 is 15.5 Å². The Hall–Kier alpha value is -5.24. The smallest absolute Gasteiger partial charge is 0.272 e. The van der Waals surface area contributed by atoms with Crippen LogP contribution in [0.25, 0.3) is 22.2 Å². The molecular weight excluding hydrogens is 516 g/mol. The lowest BCUT2D eigenvalue weighted by atomic mass is 10.0. The highest BCUT2D eigenvalue weighted by molar-refractivity contribution is 6.09. The fourth-order valence-corrected chi connectivity index (χ4v) is 4.41. The average molecular weight is 547 g/mol. The lowest BCUT2D eigenvalue weighted by Crippen LogP contribution is -2.20. The molecule has 0 radical (unpaired) electrons. The molecule has 0 fully saturated rings. The first-order valence-corrected chi connectivity index (χ1v) is 13.3. The van der Waals surface area contributed by atoms with Crippen LogP contribution in [0.1, 0.15) is 52.8 Å². The monoisotopic (exact) mass is 546 g/mol. The molecule has 0 spiro atoms. The van der Waals surface area contributed by atoms with E-state index in [1.165, 1.54) is 6.26 Å². The van der Waals surface area contributed by atoms with Crippen molar-refractivity contribution in [2.24, 2.45) is 5.10 Å². The van der Waals surface area contributed by atoms with Crippen molar-refractivity contribution >= 4 is 34.1 Å². The number of fused-ring (bicyclic) bond motifs is 1. The minimum atomic E-state index is -0.362. The summed E-state index contributed by atoms with van der Waals surface area (Å²) in [5.74, 6) is 0.649. The number of amides is 2. The summed E-state index contributed by atoms with van der Waals surface area (Å²) in [6, 6.07) is 25.8. The van der Waals surface area contributed by atoms with Crippen molar-refractivity contribution in [3.05, 3.63) is 114 Å². The van der Waals surface area contributed by atoms with E-state index >= 15 is 0 Å². The van der Waals surface area contributed by atoms with Gasteiger partial charge in [0.1, 0.15) is 11.5 Å². The van der Waals surface area contributed by atoms with E-state index in [0.29, 0.717) is 39.5 Å². The number of nitrogens with zero attached hydrogens (tertiary/aromatic N) is 2. The third-order valence-corrected chi connectivity index (χ3v) is 6.43. The van der Waals surface area contributed by atoms with Crippen molar-refractivity contribution in [1.82, 2.24) is 10.4 Å². The van der Waals surface area contributed by atoms with E-state index in [2.05, 4.69) is 15.8 Å². The molecule has 0 aliphatic rings. The van der Waals surface area contributed by atoms with Crippen LogP contribution in [0.3, 0.4) is 0 Å². The highest BCUT2D eigenvalue weighted by Gasteiger charge is 2.15. The number of benzene rings is 3. The zero-order valence-electron chi connectivity index (χ0n) is 23.3. The number of para-hydroxylation sites is 1. The summed E-state index contributed by atoms with van der Waals surface area (Å²) in [5.41, 5.74) is 7.72. The van der Waals surface area contributed by atoms with Crippen LogP contribution in [0.5, 0.6) is 5.75 Å². The van der Waals surface area contributed by atoms with Gasteiger partial charge in [-0.3, -0.25) is 9.59 Å². The van der Waals surface area contributed by atoms with Crippen molar-refractivity contribution in [3.8, 4) is 17.0 Å². The van der Waals surface area contributed by atoms with Crippen molar-refractivity contribution in [1.29, 1.82) is 0 Å². The Labute approximate surface area is 238 Å². The molecule has 3 aromatic carbocycles. The molecule has 0 unspecified atom stereocenters. The first-order valence-electron chi connectivity index (χ1n) is 13.3. The van der Waals surface area contributed by atoms with Gasteiger partial charge < -0.3 is 14.5 Å². The second-order valence-electron chi connectivity index (χ2n) is 9.83. The van der Waals surface area contributed by atoms with Gasteiger partial charge in [0, 0.05) is 16.6 Å². The number of hydrogen-bond donors (Lipinski definition) is 2. The van der Waals surface area contributed by atoms with Crippen LogP contribution in [0.4, 0.5) is 5.69 Å². The Morgan fingerprint density at radius 3 is 2.49 bits per heavy atom. The van der Waals surface area contributed by atoms with Gasteiger partial charge >= 0.3 is 0 Å². The highest BCUT2D eigenvalue weighted by atomic mass is 16.5. The van der Waals surface area contributed by atoms with E-state index in [-0.39, 0.29) is 17.9 Å². The Morgan fingerprint density at radius 1 is 0.902 bits per heavy atom. The predicted octanol–water partition coefficient (Wildman–Crippen LogP) is 7.00. The van der Waals surface area contributed by atoms with Crippen molar-refractivity contribution in [2.75, 3.05) is 5.32 Å². The molecule has 0 aliphatic heterocycles. The summed E-state index contributed by atoms with van der Waals surface area (Å²) < 4.78 is 11.1. The number of carbonyl (C=O) groups is 2. The van der Waals surface area contributed by atoms with Gasteiger partial charge in [0.25, 0.3) is 11.8 Å². The van der Waals surface area contributed by atoms with Gasteiger partial charge in [-0.2, -0.15) is 5.10 Å². The van der Waals surface area contributed by atoms with E-state index in [4.69, 9.17) is 14.1 Å². The first kappa shape index (κ1) is 27.3. The largest absolute Gasteiger partial charge is 0.491 e. The van der Waals surface area contributed by atoms with Gasteiger partial charge in [0.2, 0.25) is 0 Å². The number of anilines is 1. The molecule has 0 saturated heterocycles. The number of carbonyl (C=O) groups excluding carboxylic acids is 2. The van der Waals surface area contributed by atoms with Crippen molar-refractivity contribution in [3.63, 3.8) is 0 Å². The zero-order chi connectivity index (χ0) is 28.9. The minimum absolute atomic E-state index is 0.0369. The second-order valence-corrected chi connectivity index (χ2v) is 9.83. The molecule has 2 amide bonds. The summed E-state index contributed by atoms with van der Waals surface area (Å²) in [6.07, 6.45) is 1.52. The molecule has 0 bridgehead atoms. The standard InChI is InChI=1S/C33H30N4O4/c1-20(2)41-26-12-8-10-24(18-26)31-19-29(28-13-5-6-14-30(28)35-31)33(39)37-36-21(3)23-9-7-11-25(17-23)34-32(38)27-15-16-40-22(27)4/h5-20H,1-4H3,(H,34,38)(H,37,39)/b36-21+. The lowest BCUT2D eigenvalue weighted by Gasteiger charge is -2.12. The topological polar surface area (TPSA) is 106 Å². The molecule has 2 heterocycles. The van der Waals surface area contributed by atoms with E-state index in [0.717, 1.165) is 22.3 Å². The summed E-state index contributed by atoms with van der Waals surface area (Å²) in [5, 5.41) is 7.95. The van der Waals surface area contributed by atoms with Crippen molar-refractivity contribution < 1.29 is 18.7 Å². The van der Waals surface area contributed by atoms with Crippen molar-refractivity contribution in [2.45, 2.75) is 33.8 Å². The van der Waals surface area contributed by atoms with Gasteiger partial charge in [-0.05, 0) is 75.7 Å². The molecule has 8 nitrogen and oxygen atoms in total. The molecular formula is C33H30N4O4. The quantitative estimate of drug-likeness (QED) is 0.161. The number of aryl methyl sites for hydroxylation is 1. The number of hydrogen-bond acceptors (Lipinski definition) is 6. The number of furan rings is 1. The van der Waals surface area contributed by atoms with E-state index in [1.54, 1.807) is 38.1 Å². The summed E-state index contributed by atoms with van der Waals surface area (Å²) in [7, 11) is 0.